The fourth-order valence-electron chi connectivity index (χ4n) is 2.59. The van der Waals surface area contributed by atoms with Crippen molar-refractivity contribution in [1.82, 2.24) is 9.88 Å². The van der Waals surface area contributed by atoms with Gasteiger partial charge in [-0.3, -0.25) is 9.69 Å². The molecule has 0 aliphatic carbocycles. The summed E-state index contributed by atoms with van der Waals surface area (Å²) < 4.78 is 20.3. The molecule has 0 saturated heterocycles. The van der Waals surface area contributed by atoms with E-state index in [1.165, 1.54) is 28.4 Å². The Bertz CT molecular complexity index is 977. The molecule has 27 heavy (non-hydrogen) atoms. The topological polar surface area (TPSA) is 45.7 Å². The molecule has 3 rings (SSSR count). The van der Waals surface area contributed by atoms with Gasteiger partial charge in [0.2, 0.25) is 0 Å². The number of thiazole rings is 1. The van der Waals surface area contributed by atoms with Gasteiger partial charge in [0, 0.05) is 13.1 Å². The number of ether oxygens (including phenoxy) is 1. The molecule has 0 aliphatic heterocycles. The predicted octanol–water partition coefficient (Wildman–Crippen LogP) is 4.31. The van der Waals surface area contributed by atoms with Gasteiger partial charge in [0.25, 0.3) is 5.91 Å². The molecular weight excluding hydrogens is 389 g/mol. The molecule has 0 radical (unpaired) electrons. The summed E-state index contributed by atoms with van der Waals surface area (Å²) in [7, 11) is 5.37. The van der Waals surface area contributed by atoms with Crippen molar-refractivity contribution in [2.45, 2.75) is 0 Å². The Hall–Kier alpha value is -2.22. The Balaban J connectivity index is 2.08. The van der Waals surface area contributed by atoms with Gasteiger partial charge in [-0.15, -0.1) is 0 Å². The summed E-state index contributed by atoms with van der Waals surface area (Å²) >= 11 is 7.58. The molecule has 1 heterocycles. The summed E-state index contributed by atoms with van der Waals surface area (Å²) in [4.78, 5) is 21.1. The predicted molar refractivity (Wildman–Crippen MR) is 108 cm³/mol. The second-order valence-electron chi connectivity index (χ2n) is 6.16. The smallest absolute Gasteiger partial charge is 0.263 e. The number of amides is 1. The molecule has 1 aromatic heterocycles. The molecule has 1 amide bonds. The first-order chi connectivity index (χ1) is 12.9. The van der Waals surface area contributed by atoms with Crippen LogP contribution in [0.15, 0.2) is 36.4 Å². The molecule has 142 valence electrons. The lowest BCUT2D eigenvalue weighted by Crippen LogP contribution is -2.37. The minimum absolute atomic E-state index is 0.00794. The van der Waals surface area contributed by atoms with Crippen molar-refractivity contribution >= 4 is 44.2 Å². The summed E-state index contributed by atoms with van der Waals surface area (Å²) in [5, 5.41) is 0.979. The summed E-state index contributed by atoms with van der Waals surface area (Å²) in [6.45, 7) is 0.959. The molecule has 3 aromatic rings. The van der Waals surface area contributed by atoms with E-state index < -0.39 is 11.7 Å². The maximum atomic E-state index is 14.2. The van der Waals surface area contributed by atoms with Crippen LogP contribution in [0.2, 0.25) is 5.02 Å². The Morgan fingerprint density at radius 2 is 1.96 bits per heavy atom. The summed E-state index contributed by atoms with van der Waals surface area (Å²) in [6, 6.07) is 9.40. The van der Waals surface area contributed by atoms with Gasteiger partial charge < -0.3 is 9.64 Å². The van der Waals surface area contributed by atoms with E-state index in [0.29, 0.717) is 34.5 Å². The third-order valence-electron chi connectivity index (χ3n) is 4.02. The molecule has 5 nitrogen and oxygen atoms in total. The van der Waals surface area contributed by atoms with Crippen molar-refractivity contribution in [3.05, 3.63) is 52.8 Å². The van der Waals surface area contributed by atoms with E-state index in [2.05, 4.69) is 4.98 Å². The molecule has 0 fully saturated rings. The number of anilines is 1. The number of rotatable bonds is 6. The van der Waals surface area contributed by atoms with Crippen LogP contribution < -0.4 is 9.64 Å². The van der Waals surface area contributed by atoms with Crippen molar-refractivity contribution in [1.29, 1.82) is 0 Å². The number of hydrogen-bond acceptors (Lipinski definition) is 5. The highest BCUT2D eigenvalue weighted by molar-refractivity contribution is 7.23. The molecule has 0 saturated carbocycles. The Morgan fingerprint density at radius 3 is 2.63 bits per heavy atom. The number of fused-ring (bicyclic) bond motifs is 1. The van der Waals surface area contributed by atoms with Crippen molar-refractivity contribution in [3.8, 4) is 5.75 Å². The summed E-state index contributed by atoms with van der Waals surface area (Å²) in [5.74, 6) is -0.430. The molecule has 8 heteroatoms. The standard InChI is InChI=1S/C19H19ClFN3O2S/c1-23(2)10-11-24(18(25)12-6-4-5-7-14(12)21)19-22-16-15(26-3)9-8-13(20)17(16)27-19/h4-9H,10-11H2,1-3H3. The zero-order valence-electron chi connectivity index (χ0n) is 15.2. The van der Waals surface area contributed by atoms with E-state index in [1.807, 2.05) is 19.0 Å². The van der Waals surface area contributed by atoms with Crippen molar-refractivity contribution in [2.24, 2.45) is 0 Å². The monoisotopic (exact) mass is 407 g/mol. The Kier molecular flexibility index (Phi) is 5.94. The van der Waals surface area contributed by atoms with E-state index in [4.69, 9.17) is 16.3 Å². The number of methoxy groups -OCH3 is 1. The van der Waals surface area contributed by atoms with E-state index in [1.54, 1.807) is 31.4 Å². The van der Waals surface area contributed by atoms with Crippen LogP contribution in [-0.2, 0) is 0 Å². The van der Waals surface area contributed by atoms with Crippen molar-refractivity contribution < 1.29 is 13.9 Å². The average Bonchev–Trinajstić information content (AvgIpc) is 3.08. The van der Waals surface area contributed by atoms with E-state index in [9.17, 15) is 9.18 Å². The van der Waals surface area contributed by atoms with Crippen LogP contribution in [0.5, 0.6) is 5.75 Å². The average molecular weight is 408 g/mol. The number of benzene rings is 2. The molecule has 0 aliphatic rings. The number of hydrogen-bond donors (Lipinski definition) is 0. The first-order valence-electron chi connectivity index (χ1n) is 8.26. The Labute approximate surface area is 165 Å². The number of carbonyl (C=O) groups is 1. The first kappa shape index (κ1) is 19.5. The van der Waals surface area contributed by atoms with Gasteiger partial charge >= 0.3 is 0 Å². The van der Waals surface area contributed by atoms with Crippen molar-refractivity contribution in [3.63, 3.8) is 0 Å². The van der Waals surface area contributed by atoms with Gasteiger partial charge in [-0.2, -0.15) is 0 Å². The normalized spacial score (nSPS) is 11.2. The van der Waals surface area contributed by atoms with Crippen LogP contribution in [0.25, 0.3) is 10.2 Å². The lowest BCUT2D eigenvalue weighted by molar-refractivity contribution is 0.0981. The quantitative estimate of drug-likeness (QED) is 0.611. The highest BCUT2D eigenvalue weighted by atomic mass is 35.5. The van der Waals surface area contributed by atoms with E-state index in [0.717, 1.165) is 4.70 Å². The third-order valence-corrected chi connectivity index (χ3v) is 5.56. The minimum atomic E-state index is -0.561. The van der Waals surface area contributed by atoms with Gasteiger partial charge in [-0.25, -0.2) is 9.37 Å². The minimum Gasteiger partial charge on any atom is -0.494 e. The second kappa shape index (κ2) is 8.21. The highest BCUT2D eigenvalue weighted by Crippen LogP contribution is 2.39. The van der Waals surface area contributed by atoms with Gasteiger partial charge in [-0.1, -0.05) is 35.1 Å². The molecule has 0 atom stereocenters. The van der Waals surface area contributed by atoms with Gasteiger partial charge in [-0.05, 0) is 38.4 Å². The van der Waals surface area contributed by atoms with Crippen LogP contribution in [-0.4, -0.2) is 50.1 Å². The maximum absolute atomic E-state index is 14.2. The fourth-order valence-corrected chi connectivity index (χ4v) is 3.87. The zero-order chi connectivity index (χ0) is 19.6. The first-order valence-corrected chi connectivity index (χ1v) is 9.46. The molecule has 0 bridgehead atoms. The number of likely N-dealkylation sites (N-methyl/N-ethyl adjacent to an activating group) is 1. The van der Waals surface area contributed by atoms with Gasteiger partial charge in [0.05, 0.1) is 22.4 Å². The van der Waals surface area contributed by atoms with Crippen molar-refractivity contribution in [2.75, 3.05) is 39.2 Å². The molecule has 0 spiro atoms. The summed E-state index contributed by atoms with van der Waals surface area (Å²) in [5.41, 5.74) is 0.592. The number of nitrogens with zero attached hydrogens (tertiary/aromatic N) is 3. The molecule has 0 N–H and O–H groups in total. The van der Waals surface area contributed by atoms with Crippen LogP contribution in [0.4, 0.5) is 9.52 Å². The SMILES string of the molecule is COc1ccc(Cl)c2sc(N(CCN(C)C)C(=O)c3ccccc3F)nc12. The lowest BCUT2D eigenvalue weighted by Gasteiger charge is -2.22. The van der Waals surface area contributed by atoms with Crippen LogP contribution in [0, 0.1) is 5.82 Å². The molecule has 2 aromatic carbocycles. The van der Waals surface area contributed by atoms with Gasteiger partial charge in [0.1, 0.15) is 17.1 Å². The lowest BCUT2D eigenvalue weighted by atomic mass is 10.2. The molecule has 0 unspecified atom stereocenters. The zero-order valence-corrected chi connectivity index (χ0v) is 16.8. The maximum Gasteiger partial charge on any atom is 0.263 e. The Morgan fingerprint density at radius 1 is 1.22 bits per heavy atom. The van der Waals surface area contributed by atoms with Gasteiger partial charge in [0.15, 0.2) is 5.13 Å². The number of aromatic nitrogens is 1. The third kappa shape index (κ3) is 4.05. The number of carbonyl (C=O) groups excluding carboxylic acids is 1. The number of halogens is 2. The van der Waals surface area contributed by atoms with Crippen LogP contribution >= 0.6 is 22.9 Å². The summed E-state index contributed by atoms with van der Waals surface area (Å²) in [6.07, 6.45) is 0. The van der Waals surface area contributed by atoms with E-state index in [-0.39, 0.29) is 5.56 Å². The largest absolute Gasteiger partial charge is 0.494 e. The van der Waals surface area contributed by atoms with Crippen LogP contribution in [0.1, 0.15) is 10.4 Å². The highest BCUT2D eigenvalue weighted by Gasteiger charge is 2.25. The van der Waals surface area contributed by atoms with E-state index >= 15 is 0 Å². The molecular formula is C19H19ClFN3O2S. The fraction of sp³-hybridized carbons (Fsp3) is 0.263. The van der Waals surface area contributed by atoms with Crippen LogP contribution in [0.3, 0.4) is 0 Å². The second-order valence-corrected chi connectivity index (χ2v) is 7.55.